The number of nitrogens with zero attached hydrogens (tertiary/aromatic N) is 1. The lowest BCUT2D eigenvalue weighted by atomic mass is 10.1. The van der Waals surface area contributed by atoms with Gasteiger partial charge in [0, 0.05) is 16.5 Å². The highest BCUT2D eigenvalue weighted by Crippen LogP contribution is 2.30. The van der Waals surface area contributed by atoms with Crippen molar-refractivity contribution < 1.29 is 9.90 Å². The zero-order valence-corrected chi connectivity index (χ0v) is 13.6. The number of fused-ring (bicyclic) bond motifs is 1. The Labute approximate surface area is 137 Å². The maximum absolute atomic E-state index is 12.6. The van der Waals surface area contributed by atoms with Gasteiger partial charge in [0.25, 0.3) is 0 Å². The molecule has 1 fully saturated rings. The third-order valence-electron chi connectivity index (χ3n) is 4.73. The summed E-state index contributed by atoms with van der Waals surface area (Å²) in [6.07, 6.45) is 4.85. The van der Waals surface area contributed by atoms with E-state index in [1.807, 2.05) is 31.2 Å². The summed E-state index contributed by atoms with van der Waals surface area (Å²) in [7, 11) is 0. The molecule has 0 bridgehead atoms. The number of hydrogen-bond acceptors (Lipinski definition) is 3. The number of phenols is 1. The normalized spacial score (nSPS) is 17.6. The van der Waals surface area contributed by atoms with E-state index < -0.39 is 0 Å². The van der Waals surface area contributed by atoms with Crippen LogP contribution in [0.2, 0.25) is 0 Å². The van der Waals surface area contributed by atoms with Crippen LogP contribution in [0, 0.1) is 0 Å². The largest absolute Gasteiger partial charge is 0.507 e. The number of carbonyl (C=O) groups is 1. The highest BCUT2D eigenvalue weighted by Gasteiger charge is 2.22. The average Bonchev–Trinajstić information content (AvgIpc) is 2.86. The van der Waals surface area contributed by atoms with Gasteiger partial charge in [0.05, 0.1) is 6.04 Å². The maximum atomic E-state index is 12.6. The molecule has 1 amide bonds. The minimum Gasteiger partial charge on any atom is -0.507 e. The first-order valence-corrected chi connectivity index (χ1v) is 8.42. The van der Waals surface area contributed by atoms with Crippen molar-refractivity contribution >= 4 is 22.4 Å². The summed E-state index contributed by atoms with van der Waals surface area (Å²) >= 11 is 0. The second-order valence-corrected chi connectivity index (χ2v) is 6.29. The number of carbonyl (C=O) groups excluding carboxylic acids is 1. The number of aromatic hydroxyl groups is 1. The average molecular weight is 312 g/mol. The number of likely N-dealkylation sites (tertiary alicyclic amines) is 1. The van der Waals surface area contributed by atoms with Crippen LogP contribution >= 0.6 is 0 Å². The molecule has 1 aliphatic heterocycles. The van der Waals surface area contributed by atoms with E-state index in [2.05, 4.69) is 10.2 Å². The second kappa shape index (κ2) is 7.01. The van der Waals surface area contributed by atoms with Crippen molar-refractivity contribution in [2.24, 2.45) is 0 Å². The van der Waals surface area contributed by atoms with E-state index in [1.165, 1.54) is 25.7 Å². The van der Waals surface area contributed by atoms with E-state index in [1.54, 1.807) is 12.1 Å². The molecule has 0 aromatic heterocycles. The smallest absolute Gasteiger partial charge is 0.241 e. The molecule has 23 heavy (non-hydrogen) atoms. The van der Waals surface area contributed by atoms with E-state index >= 15 is 0 Å². The molecule has 1 atom stereocenters. The van der Waals surface area contributed by atoms with Crippen LogP contribution < -0.4 is 5.32 Å². The fraction of sp³-hybridized carbons (Fsp3) is 0.421. The molecule has 2 aromatic rings. The Morgan fingerprint density at radius 2 is 1.70 bits per heavy atom. The van der Waals surface area contributed by atoms with Gasteiger partial charge in [-0.05, 0) is 45.0 Å². The van der Waals surface area contributed by atoms with E-state index in [-0.39, 0.29) is 17.7 Å². The van der Waals surface area contributed by atoms with Gasteiger partial charge in [-0.15, -0.1) is 0 Å². The number of amides is 1. The first-order valence-electron chi connectivity index (χ1n) is 8.42. The lowest BCUT2D eigenvalue weighted by molar-refractivity contribution is -0.120. The molecule has 4 nitrogen and oxygen atoms in total. The number of anilines is 1. The first-order chi connectivity index (χ1) is 11.2. The predicted octanol–water partition coefficient (Wildman–Crippen LogP) is 3.75. The fourth-order valence-electron chi connectivity index (χ4n) is 3.28. The van der Waals surface area contributed by atoms with Crippen LogP contribution in [-0.4, -0.2) is 35.0 Å². The summed E-state index contributed by atoms with van der Waals surface area (Å²) in [5.41, 5.74) is 0.755. The lowest BCUT2D eigenvalue weighted by Crippen LogP contribution is -2.42. The van der Waals surface area contributed by atoms with E-state index in [0.29, 0.717) is 0 Å². The van der Waals surface area contributed by atoms with Crippen LogP contribution in [0.3, 0.4) is 0 Å². The quantitative estimate of drug-likeness (QED) is 0.849. The van der Waals surface area contributed by atoms with Crippen molar-refractivity contribution in [2.45, 2.75) is 38.6 Å². The summed E-state index contributed by atoms with van der Waals surface area (Å²) in [5, 5.41) is 14.6. The number of benzene rings is 2. The molecular weight excluding hydrogens is 288 g/mol. The van der Waals surface area contributed by atoms with Crippen molar-refractivity contribution in [3.63, 3.8) is 0 Å². The van der Waals surface area contributed by atoms with Crippen molar-refractivity contribution in [1.29, 1.82) is 0 Å². The summed E-state index contributed by atoms with van der Waals surface area (Å²) in [4.78, 5) is 14.9. The molecule has 0 saturated carbocycles. The van der Waals surface area contributed by atoms with E-state index in [4.69, 9.17) is 0 Å². The third-order valence-corrected chi connectivity index (χ3v) is 4.73. The molecule has 1 heterocycles. The summed E-state index contributed by atoms with van der Waals surface area (Å²) in [6, 6.07) is 10.8. The topological polar surface area (TPSA) is 52.6 Å². The Bertz CT molecular complexity index is 691. The Morgan fingerprint density at radius 1 is 1.04 bits per heavy atom. The number of nitrogens with one attached hydrogen (secondary N) is 1. The Hall–Kier alpha value is -2.07. The SMILES string of the molecule is CC(C(=O)Nc1ccc(O)c2ccccc12)N1CCCCCC1. The summed E-state index contributed by atoms with van der Waals surface area (Å²) in [6.45, 7) is 3.96. The monoisotopic (exact) mass is 312 g/mol. The van der Waals surface area contributed by atoms with Crippen molar-refractivity contribution in [3.05, 3.63) is 36.4 Å². The van der Waals surface area contributed by atoms with Crippen molar-refractivity contribution in [3.8, 4) is 5.75 Å². The van der Waals surface area contributed by atoms with Gasteiger partial charge >= 0.3 is 0 Å². The lowest BCUT2D eigenvalue weighted by Gasteiger charge is -2.26. The van der Waals surface area contributed by atoms with Crippen LogP contribution in [0.15, 0.2) is 36.4 Å². The van der Waals surface area contributed by atoms with Crippen molar-refractivity contribution in [1.82, 2.24) is 4.90 Å². The molecular formula is C19H24N2O2. The molecule has 0 radical (unpaired) electrons. The third kappa shape index (κ3) is 3.48. The minimum atomic E-state index is -0.138. The molecule has 0 aliphatic carbocycles. The standard InChI is InChI=1S/C19H24N2O2/c1-14(21-12-6-2-3-7-13-21)19(23)20-17-10-11-18(22)16-9-5-4-8-15(16)17/h4-5,8-11,14,22H,2-3,6-7,12-13H2,1H3,(H,20,23). The number of hydrogen-bond donors (Lipinski definition) is 2. The first kappa shape index (κ1) is 15.8. The van der Waals surface area contributed by atoms with Gasteiger partial charge in [-0.3, -0.25) is 9.69 Å². The Morgan fingerprint density at radius 3 is 2.39 bits per heavy atom. The molecule has 2 N–H and O–H groups in total. The maximum Gasteiger partial charge on any atom is 0.241 e. The van der Waals surface area contributed by atoms with Gasteiger partial charge in [0.2, 0.25) is 5.91 Å². The minimum absolute atomic E-state index is 0.0164. The van der Waals surface area contributed by atoms with Gasteiger partial charge in [-0.1, -0.05) is 37.1 Å². The van der Waals surface area contributed by atoms with Crippen LogP contribution in [0.4, 0.5) is 5.69 Å². The predicted molar refractivity (Wildman–Crippen MR) is 93.7 cm³/mol. The van der Waals surface area contributed by atoms with E-state index in [9.17, 15) is 9.90 Å². The summed E-state index contributed by atoms with van der Waals surface area (Å²) in [5.74, 6) is 0.252. The van der Waals surface area contributed by atoms with E-state index in [0.717, 1.165) is 29.5 Å². The molecule has 122 valence electrons. The second-order valence-electron chi connectivity index (χ2n) is 6.29. The van der Waals surface area contributed by atoms with Crippen LogP contribution in [0.25, 0.3) is 10.8 Å². The van der Waals surface area contributed by atoms with Gasteiger partial charge < -0.3 is 10.4 Å². The Kier molecular flexibility index (Phi) is 4.82. The van der Waals surface area contributed by atoms with Gasteiger partial charge in [0.1, 0.15) is 5.75 Å². The molecule has 1 unspecified atom stereocenters. The number of phenolic OH excluding ortho intramolecular Hbond substituents is 1. The molecule has 4 heteroatoms. The molecule has 0 spiro atoms. The van der Waals surface area contributed by atoms with Gasteiger partial charge in [0.15, 0.2) is 0 Å². The van der Waals surface area contributed by atoms with Crippen LogP contribution in [0.5, 0.6) is 5.75 Å². The zero-order chi connectivity index (χ0) is 16.2. The van der Waals surface area contributed by atoms with Crippen LogP contribution in [0.1, 0.15) is 32.6 Å². The van der Waals surface area contributed by atoms with Crippen LogP contribution in [-0.2, 0) is 4.79 Å². The van der Waals surface area contributed by atoms with Gasteiger partial charge in [-0.2, -0.15) is 0 Å². The summed E-state index contributed by atoms with van der Waals surface area (Å²) < 4.78 is 0. The highest BCUT2D eigenvalue weighted by molar-refractivity contribution is 6.05. The fourth-order valence-corrected chi connectivity index (χ4v) is 3.28. The zero-order valence-electron chi connectivity index (χ0n) is 13.6. The highest BCUT2D eigenvalue weighted by atomic mass is 16.3. The molecule has 2 aromatic carbocycles. The van der Waals surface area contributed by atoms with Crippen molar-refractivity contribution in [2.75, 3.05) is 18.4 Å². The molecule has 1 saturated heterocycles. The molecule has 3 rings (SSSR count). The van der Waals surface area contributed by atoms with Gasteiger partial charge in [-0.25, -0.2) is 0 Å². The number of rotatable bonds is 3. The Balaban J connectivity index is 1.78. The molecule has 1 aliphatic rings.